The number of hydrogen-bond donors (Lipinski definition) is 3. The summed E-state index contributed by atoms with van der Waals surface area (Å²) in [4.78, 5) is 7.08. The van der Waals surface area contributed by atoms with Crippen LogP contribution in [-0.4, -0.2) is 42.1 Å². The van der Waals surface area contributed by atoms with Crippen LogP contribution in [0.3, 0.4) is 0 Å². The molecule has 6 nitrogen and oxygen atoms in total. The highest BCUT2D eigenvalue weighted by Crippen LogP contribution is 2.21. The van der Waals surface area contributed by atoms with Crippen LogP contribution in [0.2, 0.25) is 0 Å². The number of guanidine groups is 1. The van der Waals surface area contributed by atoms with Crippen molar-refractivity contribution < 1.29 is 9.52 Å². The first-order valence-corrected chi connectivity index (χ1v) is 10.5. The van der Waals surface area contributed by atoms with E-state index < -0.39 is 5.60 Å². The Morgan fingerprint density at radius 3 is 2.40 bits per heavy atom. The number of nitrogens with one attached hydrogen (secondary N) is 2. The van der Waals surface area contributed by atoms with Gasteiger partial charge in [0.05, 0.1) is 13.1 Å². The minimum Gasteiger partial charge on any atom is -0.463 e. The van der Waals surface area contributed by atoms with Crippen molar-refractivity contribution in [1.82, 2.24) is 15.5 Å². The Kier molecular flexibility index (Phi) is 11.4. The topological polar surface area (TPSA) is 73.0 Å². The van der Waals surface area contributed by atoms with Gasteiger partial charge in [-0.05, 0) is 57.1 Å². The molecule has 0 aliphatic heterocycles. The first-order valence-electron chi connectivity index (χ1n) is 10.5. The summed E-state index contributed by atoms with van der Waals surface area (Å²) in [6, 6.07) is 12.2. The summed E-state index contributed by atoms with van der Waals surface area (Å²) in [5.41, 5.74) is 1.35. The van der Waals surface area contributed by atoms with E-state index in [4.69, 9.17) is 4.42 Å². The molecular formula is C23H37IN4O2. The van der Waals surface area contributed by atoms with Gasteiger partial charge in [-0.15, -0.1) is 24.0 Å². The minimum atomic E-state index is -1.12. The predicted molar refractivity (Wildman–Crippen MR) is 134 cm³/mol. The molecule has 0 fully saturated rings. The molecular weight excluding hydrogens is 491 g/mol. The van der Waals surface area contributed by atoms with Crippen LogP contribution in [0.5, 0.6) is 0 Å². The zero-order chi connectivity index (χ0) is 21.3. The van der Waals surface area contributed by atoms with Gasteiger partial charge in [0.15, 0.2) is 5.96 Å². The summed E-state index contributed by atoms with van der Waals surface area (Å²) in [5, 5.41) is 17.2. The van der Waals surface area contributed by atoms with Gasteiger partial charge in [0.1, 0.15) is 17.1 Å². The molecule has 1 aromatic heterocycles. The molecule has 7 heteroatoms. The van der Waals surface area contributed by atoms with Crippen molar-refractivity contribution >= 4 is 29.9 Å². The Hall–Kier alpha value is -1.58. The van der Waals surface area contributed by atoms with Crippen molar-refractivity contribution in [2.45, 2.75) is 53.3 Å². The summed E-state index contributed by atoms with van der Waals surface area (Å²) in [6.07, 6.45) is 0. The first-order chi connectivity index (χ1) is 13.9. The number of rotatable bonds is 10. The lowest BCUT2D eigenvalue weighted by Crippen LogP contribution is -2.44. The second-order valence-corrected chi connectivity index (χ2v) is 7.51. The van der Waals surface area contributed by atoms with E-state index in [2.05, 4.69) is 58.6 Å². The summed E-state index contributed by atoms with van der Waals surface area (Å²) in [6.45, 7) is 14.7. The average Bonchev–Trinajstić information content (AvgIpc) is 3.16. The highest BCUT2D eigenvalue weighted by Gasteiger charge is 2.27. The number of hydrogen-bond acceptors (Lipinski definition) is 4. The van der Waals surface area contributed by atoms with E-state index in [1.807, 2.05) is 26.0 Å². The fourth-order valence-corrected chi connectivity index (χ4v) is 3.11. The van der Waals surface area contributed by atoms with Gasteiger partial charge < -0.3 is 20.2 Å². The number of furan rings is 1. The van der Waals surface area contributed by atoms with E-state index in [-0.39, 0.29) is 24.0 Å². The van der Waals surface area contributed by atoms with Gasteiger partial charge in [0.25, 0.3) is 0 Å². The second-order valence-electron chi connectivity index (χ2n) is 7.51. The van der Waals surface area contributed by atoms with Gasteiger partial charge in [-0.1, -0.05) is 38.1 Å². The molecule has 30 heavy (non-hydrogen) atoms. The van der Waals surface area contributed by atoms with Crippen LogP contribution < -0.4 is 10.6 Å². The van der Waals surface area contributed by atoms with Gasteiger partial charge in [-0.3, -0.25) is 4.90 Å². The summed E-state index contributed by atoms with van der Waals surface area (Å²) in [5.74, 6) is 2.00. The molecule has 1 unspecified atom stereocenters. The van der Waals surface area contributed by atoms with Crippen molar-refractivity contribution in [3.05, 3.63) is 59.0 Å². The third-order valence-electron chi connectivity index (χ3n) is 4.93. The highest BCUT2D eigenvalue weighted by atomic mass is 127. The van der Waals surface area contributed by atoms with Crippen molar-refractivity contribution in [3.8, 4) is 0 Å². The predicted octanol–water partition coefficient (Wildman–Crippen LogP) is 4.01. The summed E-state index contributed by atoms with van der Waals surface area (Å²) >= 11 is 0. The molecule has 0 radical (unpaired) electrons. The third kappa shape index (κ3) is 8.28. The van der Waals surface area contributed by atoms with E-state index in [0.717, 1.165) is 31.9 Å². The molecule has 0 aliphatic carbocycles. The van der Waals surface area contributed by atoms with Crippen molar-refractivity contribution in [3.63, 3.8) is 0 Å². The van der Waals surface area contributed by atoms with Crippen LogP contribution in [0.4, 0.5) is 0 Å². The van der Waals surface area contributed by atoms with Crippen LogP contribution >= 0.6 is 24.0 Å². The van der Waals surface area contributed by atoms with E-state index >= 15 is 0 Å². The Balaban J connectivity index is 0.00000450. The van der Waals surface area contributed by atoms with Gasteiger partial charge in [-0.2, -0.15) is 0 Å². The standard InChI is InChI=1S/C23H36N4O2.HI/c1-6-24-22(26-17-23(5,28)21-13-12-18(4)29-21)25-15-19-10-9-11-20(14-19)16-27(7-2)8-3;/h9-14,28H,6-8,15-17H2,1-5H3,(H2,24,25,26);1H. The molecule has 0 saturated carbocycles. The molecule has 0 spiro atoms. The Labute approximate surface area is 198 Å². The summed E-state index contributed by atoms with van der Waals surface area (Å²) < 4.78 is 5.58. The summed E-state index contributed by atoms with van der Waals surface area (Å²) in [7, 11) is 0. The second kappa shape index (κ2) is 13.0. The van der Waals surface area contributed by atoms with Crippen LogP contribution in [0.15, 0.2) is 45.8 Å². The first kappa shape index (κ1) is 26.5. The Bertz CT molecular complexity index is 785. The number of benzene rings is 1. The van der Waals surface area contributed by atoms with Crippen molar-refractivity contribution in [1.29, 1.82) is 0 Å². The monoisotopic (exact) mass is 528 g/mol. The highest BCUT2D eigenvalue weighted by molar-refractivity contribution is 14.0. The largest absolute Gasteiger partial charge is 0.463 e. The fraction of sp³-hybridized carbons (Fsp3) is 0.522. The maximum absolute atomic E-state index is 10.7. The Morgan fingerprint density at radius 1 is 1.10 bits per heavy atom. The molecule has 0 aliphatic rings. The fourth-order valence-electron chi connectivity index (χ4n) is 3.11. The van der Waals surface area contributed by atoms with Crippen molar-refractivity contribution in [2.75, 3.05) is 26.2 Å². The molecule has 168 valence electrons. The van der Waals surface area contributed by atoms with E-state index in [9.17, 15) is 5.11 Å². The molecule has 2 rings (SSSR count). The maximum Gasteiger partial charge on any atom is 0.191 e. The molecule has 1 heterocycles. The van der Waals surface area contributed by atoms with Gasteiger partial charge in [0.2, 0.25) is 0 Å². The molecule has 0 amide bonds. The SMILES string of the molecule is CCNC(=NCc1cccc(CN(CC)CC)c1)NCC(C)(O)c1ccc(C)o1.I. The van der Waals surface area contributed by atoms with E-state index in [1.54, 1.807) is 6.92 Å². The number of aryl methyl sites for hydroxylation is 1. The average molecular weight is 528 g/mol. The van der Waals surface area contributed by atoms with E-state index in [0.29, 0.717) is 24.8 Å². The molecule has 0 bridgehead atoms. The molecule has 0 saturated heterocycles. The maximum atomic E-state index is 10.7. The van der Waals surface area contributed by atoms with Crippen LogP contribution in [0, 0.1) is 6.92 Å². The van der Waals surface area contributed by atoms with Gasteiger partial charge in [0, 0.05) is 13.1 Å². The molecule has 3 N–H and O–H groups in total. The molecule has 1 atom stereocenters. The van der Waals surface area contributed by atoms with Crippen molar-refractivity contribution in [2.24, 2.45) is 4.99 Å². The zero-order valence-electron chi connectivity index (χ0n) is 18.9. The van der Waals surface area contributed by atoms with Gasteiger partial charge >= 0.3 is 0 Å². The molecule has 1 aromatic carbocycles. The number of halogens is 1. The normalized spacial score (nSPS) is 13.6. The zero-order valence-corrected chi connectivity index (χ0v) is 21.2. The Morgan fingerprint density at radius 2 is 1.80 bits per heavy atom. The number of aliphatic hydroxyl groups is 1. The van der Waals surface area contributed by atoms with Crippen LogP contribution in [0.25, 0.3) is 0 Å². The van der Waals surface area contributed by atoms with Crippen LogP contribution in [-0.2, 0) is 18.7 Å². The van der Waals surface area contributed by atoms with Gasteiger partial charge in [-0.25, -0.2) is 4.99 Å². The van der Waals surface area contributed by atoms with E-state index in [1.165, 1.54) is 11.1 Å². The minimum absolute atomic E-state index is 0. The lowest BCUT2D eigenvalue weighted by atomic mass is 10.0. The lowest BCUT2D eigenvalue weighted by molar-refractivity contribution is 0.0378. The smallest absolute Gasteiger partial charge is 0.191 e. The lowest BCUT2D eigenvalue weighted by Gasteiger charge is -2.23. The quantitative estimate of drug-likeness (QED) is 0.247. The third-order valence-corrected chi connectivity index (χ3v) is 4.93. The number of aliphatic imine (C=N–C) groups is 1. The molecule has 2 aromatic rings. The number of nitrogens with zero attached hydrogens (tertiary/aromatic N) is 2. The van der Waals surface area contributed by atoms with Crippen LogP contribution in [0.1, 0.15) is 50.3 Å².